The number of carbonyl (C=O) groups is 1. The van der Waals surface area contributed by atoms with E-state index in [9.17, 15) is 4.79 Å². The van der Waals surface area contributed by atoms with Crippen molar-refractivity contribution in [3.63, 3.8) is 0 Å². The van der Waals surface area contributed by atoms with Crippen LogP contribution in [0.1, 0.15) is 39.9 Å². The fourth-order valence-corrected chi connectivity index (χ4v) is 1.14. The van der Waals surface area contributed by atoms with E-state index in [1.807, 2.05) is 24.6 Å². The van der Waals surface area contributed by atoms with Crippen molar-refractivity contribution in [1.82, 2.24) is 14.9 Å². The van der Waals surface area contributed by atoms with Crippen LogP contribution in [0.3, 0.4) is 0 Å². The Labute approximate surface area is 103 Å². The second-order valence-corrected chi connectivity index (χ2v) is 3.26. The molecule has 1 aromatic heterocycles. The average Bonchev–Trinajstić information content (AvgIpc) is 2.77. The van der Waals surface area contributed by atoms with Crippen molar-refractivity contribution >= 4 is 5.91 Å². The summed E-state index contributed by atoms with van der Waals surface area (Å²) in [4.78, 5) is 14.9. The Balaban J connectivity index is 0.00000121. The molecule has 0 aliphatic carbocycles. The molecule has 0 atom stereocenters. The van der Waals surface area contributed by atoms with Crippen molar-refractivity contribution in [1.29, 1.82) is 0 Å². The molecule has 17 heavy (non-hydrogen) atoms. The van der Waals surface area contributed by atoms with E-state index in [2.05, 4.69) is 17.2 Å². The van der Waals surface area contributed by atoms with Gasteiger partial charge in [-0.2, -0.15) is 0 Å². The predicted molar refractivity (Wildman–Crippen MR) is 67.3 cm³/mol. The summed E-state index contributed by atoms with van der Waals surface area (Å²) in [5, 5.41) is 2.70. The summed E-state index contributed by atoms with van der Waals surface area (Å²) in [6.45, 7) is 9.21. The minimum absolute atomic E-state index is 0.0565. The van der Waals surface area contributed by atoms with Gasteiger partial charge in [0.1, 0.15) is 12.6 Å². The van der Waals surface area contributed by atoms with Gasteiger partial charge < -0.3 is 14.6 Å². The van der Waals surface area contributed by atoms with E-state index in [1.54, 1.807) is 6.20 Å². The third-order valence-corrected chi connectivity index (χ3v) is 1.88. The van der Waals surface area contributed by atoms with Crippen LogP contribution in [0.5, 0.6) is 0 Å². The van der Waals surface area contributed by atoms with E-state index in [4.69, 9.17) is 4.74 Å². The smallest absolute Gasteiger partial charge is 0.217 e. The third kappa shape index (κ3) is 6.73. The lowest BCUT2D eigenvalue weighted by Crippen LogP contribution is -2.22. The molecule has 1 amide bonds. The molecule has 0 saturated heterocycles. The molecule has 0 unspecified atom stereocenters. The van der Waals surface area contributed by atoms with Gasteiger partial charge in [0.25, 0.3) is 0 Å². The molecule has 0 saturated carbocycles. The van der Waals surface area contributed by atoms with E-state index in [1.165, 1.54) is 6.92 Å². The van der Waals surface area contributed by atoms with Gasteiger partial charge in [0.05, 0.1) is 6.54 Å². The molecule has 0 aliphatic heterocycles. The maximum atomic E-state index is 10.7. The standard InChI is InChI=1S/C10H17N3O2.C2H6/c1-3-6-15-8-13-5-4-11-10(13)7-12-9(2)14;1-2/h4-5H,3,6-8H2,1-2H3,(H,12,14);1-2H3. The predicted octanol–water partition coefficient (Wildman–Crippen LogP) is 1.93. The van der Waals surface area contributed by atoms with Crippen molar-refractivity contribution in [2.24, 2.45) is 0 Å². The number of imidazole rings is 1. The van der Waals surface area contributed by atoms with E-state index in [-0.39, 0.29) is 5.91 Å². The molecular formula is C12H23N3O2. The molecule has 0 aliphatic rings. The van der Waals surface area contributed by atoms with Gasteiger partial charge in [0.2, 0.25) is 5.91 Å². The Morgan fingerprint density at radius 2 is 2.24 bits per heavy atom. The lowest BCUT2D eigenvalue weighted by Gasteiger charge is -2.08. The van der Waals surface area contributed by atoms with Crippen LogP contribution in [0.2, 0.25) is 0 Å². The van der Waals surface area contributed by atoms with Gasteiger partial charge in [-0.25, -0.2) is 4.98 Å². The largest absolute Gasteiger partial charge is 0.361 e. The Morgan fingerprint density at radius 1 is 1.53 bits per heavy atom. The SMILES string of the molecule is CC.CCCOCn1ccnc1CNC(C)=O. The summed E-state index contributed by atoms with van der Waals surface area (Å²) in [6, 6.07) is 0. The molecule has 1 N–H and O–H groups in total. The van der Waals surface area contributed by atoms with Crippen molar-refractivity contribution in [2.45, 2.75) is 47.4 Å². The van der Waals surface area contributed by atoms with Crippen LogP contribution in [0.25, 0.3) is 0 Å². The number of nitrogens with zero attached hydrogens (tertiary/aromatic N) is 2. The van der Waals surface area contributed by atoms with Gasteiger partial charge in [-0.3, -0.25) is 4.79 Å². The van der Waals surface area contributed by atoms with Gasteiger partial charge in [-0.15, -0.1) is 0 Å². The zero-order valence-electron chi connectivity index (χ0n) is 11.2. The second-order valence-electron chi connectivity index (χ2n) is 3.26. The first kappa shape index (κ1) is 15.6. The lowest BCUT2D eigenvalue weighted by molar-refractivity contribution is -0.119. The van der Waals surface area contributed by atoms with Crippen LogP contribution in [-0.4, -0.2) is 22.1 Å². The van der Waals surface area contributed by atoms with Gasteiger partial charge in [0.15, 0.2) is 0 Å². The topological polar surface area (TPSA) is 56.1 Å². The number of nitrogens with one attached hydrogen (secondary N) is 1. The van der Waals surface area contributed by atoms with Gasteiger partial charge in [0, 0.05) is 25.9 Å². The average molecular weight is 241 g/mol. The maximum Gasteiger partial charge on any atom is 0.217 e. The summed E-state index contributed by atoms with van der Waals surface area (Å²) in [5.41, 5.74) is 0. The second kappa shape index (κ2) is 9.84. The van der Waals surface area contributed by atoms with E-state index in [0.29, 0.717) is 13.3 Å². The number of hydrogen-bond donors (Lipinski definition) is 1. The van der Waals surface area contributed by atoms with Crippen molar-refractivity contribution in [3.8, 4) is 0 Å². The highest BCUT2D eigenvalue weighted by Crippen LogP contribution is 1.98. The first-order valence-electron chi connectivity index (χ1n) is 6.06. The quantitative estimate of drug-likeness (QED) is 0.774. The molecule has 0 radical (unpaired) electrons. The summed E-state index contributed by atoms with van der Waals surface area (Å²) in [7, 11) is 0. The maximum absolute atomic E-state index is 10.7. The minimum Gasteiger partial charge on any atom is -0.361 e. The lowest BCUT2D eigenvalue weighted by atomic mass is 10.5. The van der Waals surface area contributed by atoms with Crippen LogP contribution >= 0.6 is 0 Å². The van der Waals surface area contributed by atoms with Crippen LogP contribution in [0.15, 0.2) is 12.4 Å². The number of aromatic nitrogens is 2. The molecule has 0 spiro atoms. The highest BCUT2D eigenvalue weighted by molar-refractivity contribution is 5.72. The molecule has 1 rings (SSSR count). The highest BCUT2D eigenvalue weighted by Gasteiger charge is 2.02. The van der Waals surface area contributed by atoms with Crippen LogP contribution in [0, 0.1) is 0 Å². The molecule has 1 aromatic rings. The van der Waals surface area contributed by atoms with Crippen LogP contribution < -0.4 is 5.32 Å². The molecule has 5 heteroatoms. The van der Waals surface area contributed by atoms with E-state index in [0.717, 1.165) is 18.9 Å². The number of amides is 1. The normalized spacial score (nSPS) is 9.41. The molecule has 1 heterocycles. The molecular weight excluding hydrogens is 218 g/mol. The van der Waals surface area contributed by atoms with Crippen LogP contribution in [-0.2, 0) is 22.8 Å². The van der Waals surface area contributed by atoms with Crippen molar-refractivity contribution < 1.29 is 9.53 Å². The molecule has 0 fully saturated rings. The van der Waals surface area contributed by atoms with Crippen LogP contribution in [0.4, 0.5) is 0 Å². The number of hydrogen-bond acceptors (Lipinski definition) is 3. The van der Waals surface area contributed by atoms with E-state index < -0.39 is 0 Å². The first-order chi connectivity index (χ1) is 8.24. The van der Waals surface area contributed by atoms with Gasteiger partial charge >= 0.3 is 0 Å². The number of rotatable bonds is 6. The zero-order chi connectivity index (χ0) is 13.1. The zero-order valence-corrected chi connectivity index (χ0v) is 11.2. The van der Waals surface area contributed by atoms with E-state index >= 15 is 0 Å². The van der Waals surface area contributed by atoms with Gasteiger partial charge in [-0.1, -0.05) is 20.8 Å². The summed E-state index contributed by atoms with van der Waals surface area (Å²) in [5.74, 6) is 0.750. The number of ether oxygens (including phenoxy) is 1. The molecule has 5 nitrogen and oxygen atoms in total. The first-order valence-corrected chi connectivity index (χ1v) is 6.06. The number of carbonyl (C=O) groups excluding carboxylic acids is 1. The molecule has 0 bridgehead atoms. The molecule has 98 valence electrons. The van der Waals surface area contributed by atoms with Crippen molar-refractivity contribution in [3.05, 3.63) is 18.2 Å². The van der Waals surface area contributed by atoms with Gasteiger partial charge in [-0.05, 0) is 6.42 Å². The highest BCUT2D eigenvalue weighted by atomic mass is 16.5. The minimum atomic E-state index is -0.0565. The fourth-order valence-electron chi connectivity index (χ4n) is 1.14. The Morgan fingerprint density at radius 3 is 2.82 bits per heavy atom. The summed E-state index contributed by atoms with van der Waals surface area (Å²) < 4.78 is 7.27. The molecule has 0 aromatic carbocycles. The summed E-state index contributed by atoms with van der Waals surface area (Å²) >= 11 is 0. The fraction of sp³-hybridized carbons (Fsp3) is 0.667. The summed E-state index contributed by atoms with van der Waals surface area (Å²) in [6.07, 6.45) is 4.54. The Bertz CT molecular complexity index is 310. The third-order valence-electron chi connectivity index (χ3n) is 1.88. The monoisotopic (exact) mass is 241 g/mol. The van der Waals surface area contributed by atoms with Crippen molar-refractivity contribution in [2.75, 3.05) is 6.61 Å². The Kier molecular flexibility index (Phi) is 9.05. The Hall–Kier alpha value is -1.36.